The van der Waals surface area contributed by atoms with E-state index in [-0.39, 0.29) is 6.04 Å². The largest absolute Gasteiger partial charge is 0.497 e. The number of methoxy groups -OCH3 is 1. The van der Waals surface area contributed by atoms with Crippen LogP contribution in [0.15, 0.2) is 46.9 Å². The van der Waals surface area contributed by atoms with Crippen LogP contribution in [0.5, 0.6) is 5.75 Å². The summed E-state index contributed by atoms with van der Waals surface area (Å²) in [6.45, 7) is 0.980. The normalized spacial score (nSPS) is 17.5. The van der Waals surface area contributed by atoms with Gasteiger partial charge in [0.15, 0.2) is 0 Å². The van der Waals surface area contributed by atoms with Gasteiger partial charge in [0, 0.05) is 27.6 Å². The molecule has 1 aliphatic rings. The van der Waals surface area contributed by atoms with Crippen molar-refractivity contribution in [2.45, 2.75) is 12.5 Å². The SMILES string of the molecule is COc1cccc(C2NCCc3c2[nH]c2ccc(Br)cc32)c1. The number of aromatic nitrogens is 1. The second-order valence-corrected chi connectivity index (χ2v) is 6.54. The lowest BCUT2D eigenvalue weighted by atomic mass is 9.94. The lowest BCUT2D eigenvalue weighted by molar-refractivity contribution is 0.413. The van der Waals surface area contributed by atoms with Crippen molar-refractivity contribution in [3.63, 3.8) is 0 Å². The number of hydrogen-bond donors (Lipinski definition) is 2. The zero-order valence-corrected chi connectivity index (χ0v) is 13.9. The summed E-state index contributed by atoms with van der Waals surface area (Å²) in [5.41, 5.74) is 5.12. The Balaban J connectivity index is 1.86. The number of nitrogens with one attached hydrogen (secondary N) is 2. The van der Waals surface area contributed by atoms with Crippen LogP contribution in [0.25, 0.3) is 10.9 Å². The first kappa shape index (κ1) is 13.9. The molecule has 112 valence electrons. The number of ether oxygens (including phenoxy) is 1. The van der Waals surface area contributed by atoms with Gasteiger partial charge in [0.25, 0.3) is 0 Å². The molecule has 1 unspecified atom stereocenters. The maximum Gasteiger partial charge on any atom is 0.119 e. The zero-order valence-electron chi connectivity index (χ0n) is 12.3. The highest BCUT2D eigenvalue weighted by molar-refractivity contribution is 9.10. The zero-order chi connectivity index (χ0) is 15.1. The second-order valence-electron chi connectivity index (χ2n) is 5.62. The van der Waals surface area contributed by atoms with Crippen LogP contribution in [0, 0.1) is 0 Å². The highest BCUT2D eigenvalue weighted by Gasteiger charge is 2.25. The van der Waals surface area contributed by atoms with Crippen LogP contribution in [0.1, 0.15) is 22.9 Å². The third-order valence-electron chi connectivity index (χ3n) is 4.34. The summed E-state index contributed by atoms with van der Waals surface area (Å²) in [6, 6.07) is 14.9. The molecule has 1 aromatic heterocycles. The number of benzene rings is 2. The monoisotopic (exact) mass is 356 g/mol. The van der Waals surface area contributed by atoms with Crippen LogP contribution in [-0.2, 0) is 6.42 Å². The quantitative estimate of drug-likeness (QED) is 0.722. The van der Waals surface area contributed by atoms with Crippen LogP contribution >= 0.6 is 15.9 Å². The van der Waals surface area contributed by atoms with Gasteiger partial charge in [-0.25, -0.2) is 0 Å². The van der Waals surface area contributed by atoms with E-state index in [1.165, 1.54) is 27.7 Å². The van der Waals surface area contributed by atoms with Crippen molar-refractivity contribution in [1.82, 2.24) is 10.3 Å². The Labute approximate surface area is 137 Å². The average molecular weight is 357 g/mol. The van der Waals surface area contributed by atoms with Gasteiger partial charge in [-0.15, -0.1) is 0 Å². The van der Waals surface area contributed by atoms with E-state index >= 15 is 0 Å². The highest BCUT2D eigenvalue weighted by atomic mass is 79.9. The standard InChI is InChI=1S/C18H17BrN2O/c1-22-13-4-2-3-11(9-13)17-18-14(7-8-20-17)15-10-12(19)5-6-16(15)21-18/h2-6,9-10,17,20-21H,7-8H2,1H3. The molecule has 0 aliphatic carbocycles. The Morgan fingerprint density at radius 3 is 2.95 bits per heavy atom. The molecule has 0 bridgehead atoms. The number of rotatable bonds is 2. The van der Waals surface area contributed by atoms with E-state index in [1.807, 2.05) is 12.1 Å². The number of H-pyrrole nitrogens is 1. The van der Waals surface area contributed by atoms with Gasteiger partial charge < -0.3 is 15.0 Å². The van der Waals surface area contributed by atoms with Crippen LogP contribution in [-0.4, -0.2) is 18.6 Å². The molecule has 1 aliphatic heterocycles. The maximum atomic E-state index is 5.36. The Morgan fingerprint density at radius 1 is 1.18 bits per heavy atom. The van der Waals surface area contributed by atoms with Crippen LogP contribution in [0.4, 0.5) is 0 Å². The smallest absolute Gasteiger partial charge is 0.119 e. The minimum Gasteiger partial charge on any atom is -0.497 e. The van der Waals surface area contributed by atoms with Crippen molar-refractivity contribution in [3.05, 3.63) is 63.8 Å². The molecule has 4 heteroatoms. The molecule has 1 atom stereocenters. The van der Waals surface area contributed by atoms with E-state index in [2.05, 4.69) is 56.6 Å². The summed E-state index contributed by atoms with van der Waals surface area (Å²) in [7, 11) is 1.71. The number of aromatic amines is 1. The van der Waals surface area contributed by atoms with Crippen molar-refractivity contribution >= 4 is 26.8 Å². The summed E-state index contributed by atoms with van der Waals surface area (Å²) in [5, 5.41) is 4.94. The average Bonchev–Trinajstić information content (AvgIpc) is 2.93. The summed E-state index contributed by atoms with van der Waals surface area (Å²) < 4.78 is 6.49. The van der Waals surface area contributed by atoms with Gasteiger partial charge in [0.2, 0.25) is 0 Å². The summed E-state index contributed by atoms with van der Waals surface area (Å²) in [4.78, 5) is 3.61. The van der Waals surface area contributed by atoms with Gasteiger partial charge in [-0.1, -0.05) is 28.1 Å². The molecule has 0 spiro atoms. The van der Waals surface area contributed by atoms with Crippen molar-refractivity contribution < 1.29 is 4.74 Å². The fourth-order valence-corrected chi connectivity index (χ4v) is 3.67. The Bertz CT molecular complexity index is 840. The Morgan fingerprint density at radius 2 is 2.09 bits per heavy atom. The van der Waals surface area contributed by atoms with E-state index in [0.717, 1.165) is 23.2 Å². The van der Waals surface area contributed by atoms with Gasteiger partial charge in [0.05, 0.1) is 13.2 Å². The molecule has 2 heterocycles. The van der Waals surface area contributed by atoms with E-state index in [4.69, 9.17) is 4.74 Å². The van der Waals surface area contributed by atoms with Crippen LogP contribution < -0.4 is 10.1 Å². The van der Waals surface area contributed by atoms with E-state index < -0.39 is 0 Å². The van der Waals surface area contributed by atoms with Gasteiger partial charge in [-0.05, 0) is 47.9 Å². The minimum atomic E-state index is 0.185. The molecule has 0 saturated carbocycles. The molecule has 22 heavy (non-hydrogen) atoms. The van der Waals surface area contributed by atoms with Gasteiger partial charge >= 0.3 is 0 Å². The predicted octanol–water partition coefficient (Wildman–Crippen LogP) is 4.17. The molecule has 4 rings (SSSR count). The first-order valence-corrected chi connectivity index (χ1v) is 8.23. The van der Waals surface area contributed by atoms with Crippen molar-refractivity contribution in [3.8, 4) is 5.75 Å². The number of hydrogen-bond acceptors (Lipinski definition) is 2. The molecule has 0 amide bonds. The minimum absolute atomic E-state index is 0.185. The highest BCUT2D eigenvalue weighted by Crippen LogP contribution is 2.35. The van der Waals surface area contributed by atoms with Gasteiger partial charge in [0.1, 0.15) is 5.75 Å². The third kappa shape index (κ3) is 2.23. The van der Waals surface area contributed by atoms with Gasteiger partial charge in [-0.3, -0.25) is 0 Å². The van der Waals surface area contributed by atoms with Gasteiger partial charge in [-0.2, -0.15) is 0 Å². The van der Waals surface area contributed by atoms with Crippen molar-refractivity contribution in [1.29, 1.82) is 0 Å². The molecule has 2 aromatic carbocycles. The lowest BCUT2D eigenvalue weighted by Crippen LogP contribution is -2.30. The molecular weight excluding hydrogens is 340 g/mol. The number of fused-ring (bicyclic) bond motifs is 3. The first-order chi connectivity index (χ1) is 10.8. The summed E-state index contributed by atoms with van der Waals surface area (Å²) >= 11 is 3.58. The Kier molecular flexibility index (Phi) is 3.43. The second kappa shape index (κ2) is 5.45. The molecule has 3 aromatic rings. The molecule has 2 N–H and O–H groups in total. The number of halogens is 1. The van der Waals surface area contributed by atoms with E-state index in [9.17, 15) is 0 Å². The van der Waals surface area contributed by atoms with Crippen molar-refractivity contribution in [2.24, 2.45) is 0 Å². The fourth-order valence-electron chi connectivity index (χ4n) is 3.31. The third-order valence-corrected chi connectivity index (χ3v) is 4.83. The molecule has 0 saturated heterocycles. The van der Waals surface area contributed by atoms with E-state index in [1.54, 1.807) is 7.11 Å². The fraction of sp³-hybridized carbons (Fsp3) is 0.222. The van der Waals surface area contributed by atoms with Crippen molar-refractivity contribution in [2.75, 3.05) is 13.7 Å². The van der Waals surface area contributed by atoms with E-state index in [0.29, 0.717) is 0 Å². The summed E-state index contributed by atoms with van der Waals surface area (Å²) in [6.07, 6.45) is 1.05. The predicted molar refractivity (Wildman–Crippen MR) is 92.5 cm³/mol. The maximum absolute atomic E-state index is 5.36. The first-order valence-electron chi connectivity index (χ1n) is 7.43. The molecule has 0 radical (unpaired) electrons. The Hall–Kier alpha value is -1.78. The molecular formula is C18H17BrN2O. The lowest BCUT2D eigenvalue weighted by Gasteiger charge is -2.25. The summed E-state index contributed by atoms with van der Waals surface area (Å²) in [5.74, 6) is 0.894. The van der Waals surface area contributed by atoms with Crippen LogP contribution in [0.2, 0.25) is 0 Å². The molecule has 3 nitrogen and oxygen atoms in total. The van der Waals surface area contributed by atoms with Crippen LogP contribution in [0.3, 0.4) is 0 Å². The topological polar surface area (TPSA) is 37.0 Å². The molecule has 0 fully saturated rings.